The summed E-state index contributed by atoms with van der Waals surface area (Å²) in [5.41, 5.74) is 2.58. The second kappa shape index (κ2) is 6.89. The lowest BCUT2D eigenvalue weighted by molar-refractivity contribution is 0.296. The molecule has 1 atom stereocenters. The Kier molecular flexibility index (Phi) is 4.91. The van der Waals surface area contributed by atoms with Crippen molar-refractivity contribution in [3.8, 4) is 11.5 Å². The van der Waals surface area contributed by atoms with Gasteiger partial charge < -0.3 is 14.8 Å². The van der Waals surface area contributed by atoms with Gasteiger partial charge in [-0.3, -0.25) is 0 Å². The lowest BCUT2D eigenvalue weighted by Gasteiger charge is -2.25. The molecule has 3 rings (SSSR count). The Bertz CT molecular complexity index is 498. The summed E-state index contributed by atoms with van der Waals surface area (Å²) in [7, 11) is 0. The van der Waals surface area contributed by atoms with Crippen LogP contribution >= 0.6 is 11.6 Å². The summed E-state index contributed by atoms with van der Waals surface area (Å²) in [6, 6.07) is 2.65. The average molecular weight is 310 g/mol. The number of piperidine rings is 1. The maximum atomic E-state index is 6.44. The Hall–Kier alpha value is -0.930. The van der Waals surface area contributed by atoms with Crippen LogP contribution in [0.25, 0.3) is 0 Å². The van der Waals surface area contributed by atoms with E-state index in [9.17, 15) is 0 Å². The van der Waals surface area contributed by atoms with Gasteiger partial charge >= 0.3 is 0 Å². The summed E-state index contributed by atoms with van der Waals surface area (Å²) in [4.78, 5) is 0. The molecule has 0 aliphatic carbocycles. The fourth-order valence-electron chi connectivity index (χ4n) is 3.32. The monoisotopic (exact) mass is 309 g/mol. The van der Waals surface area contributed by atoms with Crippen molar-refractivity contribution >= 4 is 11.6 Å². The molecule has 21 heavy (non-hydrogen) atoms. The molecule has 116 valence electrons. The fraction of sp³-hybridized carbons (Fsp3) is 0.647. The van der Waals surface area contributed by atoms with Crippen LogP contribution in [0, 0.1) is 0 Å². The summed E-state index contributed by atoms with van der Waals surface area (Å²) in [6.07, 6.45) is 6.74. The topological polar surface area (TPSA) is 30.5 Å². The number of hydrogen-bond donors (Lipinski definition) is 1. The first-order chi connectivity index (χ1) is 10.3. The van der Waals surface area contributed by atoms with Crippen molar-refractivity contribution in [2.24, 2.45) is 0 Å². The highest BCUT2D eigenvalue weighted by atomic mass is 35.5. The normalized spacial score (nSPS) is 21.9. The zero-order valence-corrected chi connectivity index (χ0v) is 13.5. The molecule has 0 radical (unpaired) electrons. The molecule has 2 aliphatic heterocycles. The van der Waals surface area contributed by atoms with E-state index in [0.717, 1.165) is 37.3 Å². The summed E-state index contributed by atoms with van der Waals surface area (Å²) >= 11 is 6.44. The summed E-state index contributed by atoms with van der Waals surface area (Å²) in [5.74, 6) is 1.62. The molecule has 2 aliphatic rings. The number of benzene rings is 1. The minimum absolute atomic E-state index is 0.560. The second-order valence-corrected chi connectivity index (χ2v) is 6.32. The van der Waals surface area contributed by atoms with E-state index in [4.69, 9.17) is 21.1 Å². The van der Waals surface area contributed by atoms with Crippen molar-refractivity contribution in [2.75, 3.05) is 19.8 Å². The third kappa shape index (κ3) is 3.29. The Morgan fingerprint density at radius 1 is 1.19 bits per heavy atom. The van der Waals surface area contributed by atoms with Crippen LogP contribution in [0.3, 0.4) is 0 Å². The molecule has 1 fully saturated rings. The number of fused-ring (bicyclic) bond motifs is 1. The molecule has 4 heteroatoms. The standard InChI is InChI=1S/C17H24ClNO2/c1-2-14-12(10-13-6-3-4-7-19-13)11-15(18)17-16(14)20-8-5-9-21-17/h11,13,19H,2-10H2,1H3. The van der Waals surface area contributed by atoms with E-state index in [1.807, 2.05) is 0 Å². The Labute approximate surface area is 132 Å². The van der Waals surface area contributed by atoms with Crippen molar-refractivity contribution in [2.45, 2.75) is 51.5 Å². The highest BCUT2D eigenvalue weighted by molar-refractivity contribution is 6.32. The minimum atomic E-state index is 0.560. The molecule has 1 saturated heterocycles. The van der Waals surface area contributed by atoms with Gasteiger partial charge in [-0.05, 0) is 43.9 Å². The smallest absolute Gasteiger partial charge is 0.180 e. The van der Waals surface area contributed by atoms with Crippen LogP contribution in [0.2, 0.25) is 5.02 Å². The van der Waals surface area contributed by atoms with E-state index in [0.29, 0.717) is 24.3 Å². The minimum Gasteiger partial charge on any atom is -0.489 e. The Balaban J connectivity index is 1.92. The Morgan fingerprint density at radius 2 is 2.00 bits per heavy atom. The predicted octanol–water partition coefficient (Wildman–Crippen LogP) is 3.75. The van der Waals surface area contributed by atoms with Gasteiger partial charge in [-0.25, -0.2) is 0 Å². The van der Waals surface area contributed by atoms with Gasteiger partial charge in [-0.1, -0.05) is 24.9 Å². The van der Waals surface area contributed by atoms with Crippen molar-refractivity contribution in [1.82, 2.24) is 5.32 Å². The first kappa shape index (κ1) is 15.0. The van der Waals surface area contributed by atoms with Crippen molar-refractivity contribution < 1.29 is 9.47 Å². The van der Waals surface area contributed by atoms with E-state index in [1.165, 1.54) is 30.4 Å². The molecular weight excluding hydrogens is 286 g/mol. The number of hydrogen-bond acceptors (Lipinski definition) is 3. The molecule has 0 saturated carbocycles. The number of rotatable bonds is 3. The summed E-state index contributed by atoms with van der Waals surface area (Å²) in [5, 5.41) is 4.31. The van der Waals surface area contributed by atoms with E-state index in [-0.39, 0.29) is 0 Å². The van der Waals surface area contributed by atoms with Crippen LogP contribution in [0.15, 0.2) is 6.07 Å². The molecule has 1 aromatic rings. The van der Waals surface area contributed by atoms with Crippen LogP contribution in [-0.2, 0) is 12.8 Å². The van der Waals surface area contributed by atoms with Gasteiger partial charge in [-0.15, -0.1) is 0 Å². The van der Waals surface area contributed by atoms with Crippen LogP contribution in [0.1, 0.15) is 43.7 Å². The van der Waals surface area contributed by atoms with Gasteiger partial charge in [-0.2, -0.15) is 0 Å². The summed E-state index contributed by atoms with van der Waals surface area (Å²) in [6.45, 7) is 4.70. The van der Waals surface area contributed by atoms with E-state index >= 15 is 0 Å². The largest absolute Gasteiger partial charge is 0.489 e. The highest BCUT2D eigenvalue weighted by Crippen LogP contribution is 2.42. The van der Waals surface area contributed by atoms with Crippen molar-refractivity contribution in [3.05, 3.63) is 22.2 Å². The molecule has 1 aromatic carbocycles. The van der Waals surface area contributed by atoms with Gasteiger partial charge in [0.25, 0.3) is 0 Å². The van der Waals surface area contributed by atoms with Gasteiger partial charge in [0.2, 0.25) is 0 Å². The number of nitrogens with one attached hydrogen (secondary N) is 1. The number of ether oxygens (including phenoxy) is 2. The van der Waals surface area contributed by atoms with E-state index in [1.54, 1.807) is 0 Å². The second-order valence-electron chi connectivity index (χ2n) is 5.91. The van der Waals surface area contributed by atoms with Crippen molar-refractivity contribution in [1.29, 1.82) is 0 Å². The third-order valence-corrected chi connectivity index (χ3v) is 4.68. The number of halogens is 1. The molecule has 0 spiro atoms. The SMILES string of the molecule is CCc1c(CC2CCCCN2)cc(Cl)c2c1OCCCO2. The first-order valence-corrected chi connectivity index (χ1v) is 8.50. The zero-order valence-electron chi connectivity index (χ0n) is 12.7. The molecular formula is C17H24ClNO2. The van der Waals surface area contributed by atoms with Gasteiger partial charge in [0.1, 0.15) is 0 Å². The molecule has 2 heterocycles. The maximum absolute atomic E-state index is 6.44. The quantitative estimate of drug-likeness (QED) is 0.922. The van der Waals surface area contributed by atoms with Crippen LogP contribution < -0.4 is 14.8 Å². The fourth-order valence-corrected chi connectivity index (χ4v) is 3.60. The molecule has 0 amide bonds. The van der Waals surface area contributed by atoms with Gasteiger partial charge in [0, 0.05) is 18.0 Å². The van der Waals surface area contributed by atoms with Crippen molar-refractivity contribution in [3.63, 3.8) is 0 Å². The van der Waals surface area contributed by atoms with Gasteiger partial charge in [0.15, 0.2) is 11.5 Å². The van der Waals surface area contributed by atoms with Crippen LogP contribution in [-0.4, -0.2) is 25.8 Å². The average Bonchev–Trinajstić information content (AvgIpc) is 2.75. The van der Waals surface area contributed by atoms with E-state index in [2.05, 4.69) is 18.3 Å². The molecule has 3 nitrogen and oxygen atoms in total. The lowest BCUT2D eigenvalue weighted by atomic mass is 9.93. The van der Waals surface area contributed by atoms with Gasteiger partial charge in [0.05, 0.1) is 18.2 Å². The highest BCUT2D eigenvalue weighted by Gasteiger charge is 2.23. The predicted molar refractivity (Wildman–Crippen MR) is 85.8 cm³/mol. The molecule has 1 unspecified atom stereocenters. The van der Waals surface area contributed by atoms with Crippen LogP contribution in [0.5, 0.6) is 11.5 Å². The zero-order chi connectivity index (χ0) is 14.7. The molecule has 1 N–H and O–H groups in total. The summed E-state index contributed by atoms with van der Waals surface area (Å²) < 4.78 is 11.7. The Morgan fingerprint density at radius 3 is 2.71 bits per heavy atom. The third-order valence-electron chi connectivity index (χ3n) is 4.40. The first-order valence-electron chi connectivity index (χ1n) is 8.12. The molecule has 0 aromatic heterocycles. The lowest BCUT2D eigenvalue weighted by Crippen LogP contribution is -2.35. The maximum Gasteiger partial charge on any atom is 0.180 e. The van der Waals surface area contributed by atoms with Crippen LogP contribution in [0.4, 0.5) is 0 Å². The van der Waals surface area contributed by atoms with E-state index < -0.39 is 0 Å². The molecule has 0 bridgehead atoms.